The lowest BCUT2D eigenvalue weighted by Gasteiger charge is -2.27. The van der Waals surface area contributed by atoms with Crippen LogP contribution in [0, 0.1) is 5.92 Å². The zero-order valence-corrected chi connectivity index (χ0v) is 13.6. The molecule has 0 atom stereocenters. The second kappa shape index (κ2) is 7.85. The molecule has 0 bridgehead atoms. The number of hydrogen-bond donors (Lipinski definition) is 2. The van der Waals surface area contributed by atoms with Gasteiger partial charge in [0.05, 0.1) is 13.7 Å². The number of benzene rings is 1. The Morgan fingerprint density at radius 3 is 2.48 bits per heavy atom. The number of nitrogens with two attached hydrogens (primary N) is 1. The summed E-state index contributed by atoms with van der Waals surface area (Å²) in [6, 6.07) is 5.21. The molecule has 0 unspecified atom stereocenters. The predicted octanol–water partition coefficient (Wildman–Crippen LogP) is 1.87. The average molecular weight is 320 g/mol. The minimum Gasteiger partial charge on any atom is -0.493 e. The van der Waals surface area contributed by atoms with Gasteiger partial charge in [-0.3, -0.25) is 9.59 Å². The first kappa shape index (κ1) is 17.1. The van der Waals surface area contributed by atoms with Crippen LogP contribution in [0.15, 0.2) is 18.2 Å². The lowest BCUT2D eigenvalue weighted by molar-refractivity contribution is -0.122. The van der Waals surface area contributed by atoms with E-state index in [1.807, 2.05) is 6.92 Å². The summed E-state index contributed by atoms with van der Waals surface area (Å²) in [6.45, 7) is 2.42. The van der Waals surface area contributed by atoms with Crippen LogP contribution >= 0.6 is 0 Å². The van der Waals surface area contributed by atoms with Crippen molar-refractivity contribution in [2.24, 2.45) is 11.7 Å². The van der Waals surface area contributed by atoms with Gasteiger partial charge in [0.15, 0.2) is 11.5 Å². The lowest BCUT2D eigenvalue weighted by Crippen LogP contribution is -2.39. The minimum atomic E-state index is -0.244. The molecule has 1 aromatic rings. The van der Waals surface area contributed by atoms with E-state index in [-0.39, 0.29) is 23.8 Å². The second-order valence-electron chi connectivity index (χ2n) is 5.72. The van der Waals surface area contributed by atoms with Crippen molar-refractivity contribution in [1.82, 2.24) is 5.32 Å². The topological polar surface area (TPSA) is 90.6 Å². The average Bonchev–Trinajstić information content (AvgIpc) is 2.55. The Bertz CT molecular complexity index is 566. The fraction of sp³-hybridized carbons (Fsp3) is 0.529. The number of methoxy groups -OCH3 is 1. The third-order valence-corrected chi connectivity index (χ3v) is 4.19. The van der Waals surface area contributed by atoms with E-state index in [0.717, 1.165) is 25.7 Å². The van der Waals surface area contributed by atoms with Crippen molar-refractivity contribution in [2.45, 2.75) is 38.6 Å². The highest BCUT2D eigenvalue weighted by Crippen LogP contribution is 2.28. The third-order valence-electron chi connectivity index (χ3n) is 4.19. The summed E-state index contributed by atoms with van der Waals surface area (Å²) < 4.78 is 10.7. The molecule has 0 aliphatic heterocycles. The molecule has 1 aromatic carbocycles. The summed E-state index contributed by atoms with van der Waals surface area (Å²) >= 11 is 0. The molecule has 1 saturated carbocycles. The fourth-order valence-electron chi connectivity index (χ4n) is 2.87. The Hall–Kier alpha value is -2.24. The minimum absolute atomic E-state index is 0.0614. The van der Waals surface area contributed by atoms with Crippen LogP contribution in [0.3, 0.4) is 0 Å². The molecule has 0 aromatic heterocycles. The van der Waals surface area contributed by atoms with E-state index in [4.69, 9.17) is 15.2 Å². The summed E-state index contributed by atoms with van der Waals surface area (Å²) in [6.07, 6.45) is 3.00. The first-order chi connectivity index (χ1) is 11.0. The van der Waals surface area contributed by atoms with E-state index >= 15 is 0 Å². The van der Waals surface area contributed by atoms with Gasteiger partial charge in [0.25, 0.3) is 5.91 Å². The highest BCUT2D eigenvalue weighted by molar-refractivity contribution is 5.95. The molecule has 1 aliphatic rings. The van der Waals surface area contributed by atoms with Crippen molar-refractivity contribution in [2.75, 3.05) is 13.7 Å². The molecule has 1 fully saturated rings. The molecule has 0 radical (unpaired) electrons. The highest BCUT2D eigenvalue weighted by atomic mass is 16.5. The molecular weight excluding hydrogens is 296 g/mol. The van der Waals surface area contributed by atoms with Crippen molar-refractivity contribution in [1.29, 1.82) is 0 Å². The van der Waals surface area contributed by atoms with Crippen LogP contribution in [0.4, 0.5) is 0 Å². The zero-order chi connectivity index (χ0) is 16.8. The largest absolute Gasteiger partial charge is 0.493 e. The molecule has 0 saturated heterocycles. The van der Waals surface area contributed by atoms with Gasteiger partial charge >= 0.3 is 0 Å². The normalized spacial score (nSPS) is 20.6. The molecule has 126 valence electrons. The predicted molar refractivity (Wildman–Crippen MR) is 86.6 cm³/mol. The Morgan fingerprint density at radius 2 is 1.91 bits per heavy atom. The van der Waals surface area contributed by atoms with Crippen LogP contribution in [-0.2, 0) is 4.79 Å². The summed E-state index contributed by atoms with van der Waals surface area (Å²) in [5.41, 5.74) is 5.85. The summed E-state index contributed by atoms with van der Waals surface area (Å²) in [4.78, 5) is 23.5. The van der Waals surface area contributed by atoms with E-state index < -0.39 is 0 Å². The molecule has 2 amide bonds. The van der Waals surface area contributed by atoms with Crippen molar-refractivity contribution in [3.63, 3.8) is 0 Å². The molecular formula is C17H24N2O4. The van der Waals surface area contributed by atoms with Gasteiger partial charge in [0.2, 0.25) is 5.91 Å². The quantitative estimate of drug-likeness (QED) is 0.837. The summed E-state index contributed by atoms with van der Waals surface area (Å²) in [5, 5.41) is 3.01. The van der Waals surface area contributed by atoms with Gasteiger partial charge < -0.3 is 20.5 Å². The molecule has 6 nitrogen and oxygen atoms in total. The molecule has 0 spiro atoms. The Kier molecular flexibility index (Phi) is 5.84. The van der Waals surface area contributed by atoms with Crippen LogP contribution in [-0.4, -0.2) is 31.6 Å². The van der Waals surface area contributed by atoms with E-state index in [1.54, 1.807) is 25.3 Å². The smallest absolute Gasteiger partial charge is 0.251 e. The Labute approximate surface area is 136 Å². The van der Waals surface area contributed by atoms with Gasteiger partial charge in [-0.1, -0.05) is 0 Å². The van der Waals surface area contributed by atoms with Crippen LogP contribution in [0.2, 0.25) is 0 Å². The first-order valence-electron chi connectivity index (χ1n) is 7.96. The molecule has 23 heavy (non-hydrogen) atoms. The number of ether oxygens (including phenoxy) is 2. The number of carbonyl (C=O) groups is 2. The molecule has 0 heterocycles. The van der Waals surface area contributed by atoms with E-state index in [2.05, 4.69) is 5.32 Å². The maximum absolute atomic E-state index is 12.4. The van der Waals surface area contributed by atoms with Gasteiger partial charge in [-0.25, -0.2) is 0 Å². The van der Waals surface area contributed by atoms with Gasteiger partial charge in [-0.2, -0.15) is 0 Å². The Morgan fingerprint density at radius 1 is 1.22 bits per heavy atom. The van der Waals surface area contributed by atoms with Crippen molar-refractivity contribution < 1.29 is 19.1 Å². The van der Waals surface area contributed by atoms with Crippen LogP contribution in [0.5, 0.6) is 11.5 Å². The molecule has 3 N–H and O–H groups in total. The van der Waals surface area contributed by atoms with Crippen molar-refractivity contribution in [3.8, 4) is 11.5 Å². The number of amides is 2. The Balaban J connectivity index is 1.97. The lowest BCUT2D eigenvalue weighted by atomic mass is 9.85. The zero-order valence-electron chi connectivity index (χ0n) is 13.6. The number of carbonyl (C=O) groups excluding carboxylic acids is 2. The maximum atomic E-state index is 12.4. The first-order valence-corrected chi connectivity index (χ1v) is 7.96. The van der Waals surface area contributed by atoms with Crippen LogP contribution < -0.4 is 20.5 Å². The number of rotatable bonds is 6. The molecule has 1 aliphatic carbocycles. The number of primary amides is 1. The van der Waals surface area contributed by atoms with E-state index in [0.29, 0.717) is 23.7 Å². The number of nitrogens with one attached hydrogen (secondary N) is 1. The third kappa shape index (κ3) is 4.37. The maximum Gasteiger partial charge on any atom is 0.251 e. The van der Waals surface area contributed by atoms with Gasteiger partial charge in [0.1, 0.15) is 0 Å². The van der Waals surface area contributed by atoms with Gasteiger partial charge in [-0.05, 0) is 50.8 Å². The summed E-state index contributed by atoms with van der Waals surface area (Å²) in [7, 11) is 1.55. The van der Waals surface area contributed by atoms with Gasteiger partial charge in [-0.15, -0.1) is 0 Å². The van der Waals surface area contributed by atoms with Crippen LogP contribution in [0.1, 0.15) is 43.0 Å². The summed E-state index contributed by atoms with van der Waals surface area (Å²) in [5.74, 6) is 0.707. The molecule has 2 rings (SSSR count). The van der Waals surface area contributed by atoms with Crippen molar-refractivity contribution >= 4 is 11.8 Å². The fourth-order valence-corrected chi connectivity index (χ4v) is 2.87. The van der Waals surface area contributed by atoms with Crippen molar-refractivity contribution in [3.05, 3.63) is 23.8 Å². The second-order valence-corrected chi connectivity index (χ2v) is 5.72. The number of hydrogen-bond acceptors (Lipinski definition) is 4. The monoisotopic (exact) mass is 320 g/mol. The van der Waals surface area contributed by atoms with E-state index in [1.165, 1.54) is 0 Å². The van der Waals surface area contributed by atoms with E-state index in [9.17, 15) is 9.59 Å². The SMILES string of the molecule is CCOc1ccc(C(=O)NC2CCC(C(N)=O)CC2)cc1OC. The standard InChI is InChI=1S/C17H24N2O4/c1-3-23-14-9-6-12(10-15(14)22-2)17(21)19-13-7-4-11(5-8-13)16(18)20/h6,9-11,13H,3-5,7-8H2,1-2H3,(H2,18,20)(H,19,21). The highest BCUT2D eigenvalue weighted by Gasteiger charge is 2.26. The van der Waals surface area contributed by atoms with Gasteiger partial charge in [0, 0.05) is 17.5 Å². The molecule has 6 heteroatoms. The van der Waals surface area contributed by atoms with Crippen LogP contribution in [0.25, 0.3) is 0 Å².